The van der Waals surface area contributed by atoms with Crippen molar-refractivity contribution in [1.82, 2.24) is 5.32 Å². The molecule has 0 aromatic heterocycles. The van der Waals surface area contributed by atoms with Crippen LogP contribution in [0.15, 0.2) is 36.4 Å². The molecule has 0 radical (unpaired) electrons. The third-order valence-corrected chi connectivity index (χ3v) is 5.98. The Morgan fingerprint density at radius 2 is 1.90 bits per heavy atom. The summed E-state index contributed by atoms with van der Waals surface area (Å²) in [4.78, 5) is 0. The second-order valence-corrected chi connectivity index (χ2v) is 8.36. The number of nitrogens with two attached hydrogens (primary N) is 1. The Labute approximate surface area is 175 Å². The molecule has 0 aliphatic carbocycles. The standard InChI is InChI=1S/C23H29FN2O4/c1-14-2-5-19-15(10-14)3-6-21(29-19)18(27)12-26-13-22(28)23(25)9-8-16-11-17(24)4-7-20(16)30-23/h2,4-5,7,10-11,18,21-22,26-28H,3,6,8-9,12-13,25H2,1H3/t18-,21+,22-,23-/m1/s1. The molecule has 0 spiro atoms. The fraction of sp³-hybridized carbons (Fsp3) is 0.478. The number of hydrogen-bond acceptors (Lipinski definition) is 6. The lowest BCUT2D eigenvalue weighted by Gasteiger charge is -2.39. The van der Waals surface area contributed by atoms with Crippen molar-refractivity contribution in [3.05, 3.63) is 58.9 Å². The molecule has 0 saturated carbocycles. The van der Waals surface area contributed by atoms with Gasteiger partial charge in [-0.25, -0.2) is 4.39 Å². The van der Waals surface area contributed by atoms with E-state index in [1.165, 1.54) is 29.3 Å². The summed E-state index contributed by atoms with van der Waals surface area (Å²) in [5.74, 6) is 0.997. The van der Waals surface area contributed by atoms with Crippen LogP contribution in [0.5, 0.6) is 11.5 Å². The molecule has 30 heavy (non-hydrogen) atoms. The van der Waals surface area contributed by atoms with E-state index in [9.17, 15) is 14.6 Å². The first-order valence-electron chi connectivity index (χ1n) is 10.4. The van der Waals surface area contributed by atoms with Crippen molar-refractivity contribution in [3.8, 4) is 11.5 Å². The maximum atomic E-state index is 13.4. The van der Waals surface area contributed by atoms with Crippen molar-refractivity contribution in [2.24, 2.45) is 5.73 Å². The highest BCUT2D eigenvalue weighted by molar-refractivity contribution is 5.39. The number of halogens is 1. The molecule has 2 aliphatic heterocycles. The Hall–Kier alpha value is -2.19. The quantitative estimate of drug-likeness (QED) is 0.574. The summed E-state index contributed by atoms with van der Waals surface area (Å²) in [5.41, 5.74) is 8.13. The Kier molecular flexibility index (Phi) is 5.97. The average Bonchev–Trinajstić information content (AvgIpc) is 2.73. The van der Waals surface area contributed by atoms with Gasteiger partial charge in [0.2, 0.25) is 0 Å². The highest BCUT2D eigenvalue weighted by atomic mass is 19.1. The molecule has 6 nitrogen and oxygen atoms in total. The summed E-state index contributed by atoms with van der Waals surface area (Å²) in [6.45, 7) is 2.47. The zero-order valence-corrected chi connectivity index (χ0v) is 17.1. The van der Waals surface area contributed by atoms with Crippen LogP contribution in [0.3, 0.4) is 0 Å². The molecule has 0 amide bonds. The monoisotopic (exact) mass is 416 g/mol. The van der Waals surface area contributed by atoms with Gasteiger partial charge >= 0.3 is 0 Å². The van der Waals surface area contributed by atoms with Crippen molar-refractivity contribution in [1.29, 1.82) is 0 Å². The maximum Gasteiger partial charge on any atom is 0.186 e. The van der Waals surface area contributed by atoms with E-state index < -0.39 is 17.9 Å². The molecule has 4 atom stereocenters. The zero-order chi connectivity index (χ0) is 21.3. The summed E-state index contributed by atoms with van der Waals surface area (Å²) in [7, 11) is 0. The predicted octanol–water partition coefficient (Wildman–Crippen LogP) is 1.82. The summed E-state index contributed by atoms with van der Waals surface area (Å²) >= 11 is 0. The second-order valence-electron chi connectivity index (χ2n) is 8.36. The predicted molar refractivity (Wildman–Crippen MR) is 111 cm³/mol. The van der Waals surface area contributed by atoms with Crippen molar-refractivity contribution < 1.29 is 24.1 Å². The Bertz CT molecular complexity index is 909. The third-order valence-electron chi connectivity index (χ3n) is 5.98. The zero-order valence-electron chi connectivity index (χ0n) is 17.1. The third kappa shape index (κ3) is 4.44. The lowest BCUT2D eigenvalue weighted by atomic mass is 9.94. The van der Waals surface area contributed by atoms with Gasteiger partial charge in [-0.1, -0.05) is 17.7 Å². The normalized spacial score (nSPS) is 24.8. The Morgan fingerprint density at radius 1 is 1.13 bits per heavy atom. The molecular weight excluding hydrogens is 387 g/mol. The van der Waals surface area contributed by atoms with E-state index in [1.54, 1.807) is 0 Å². The molecule has 0 saturated heterocycles. The van der Waals surface area contributed by atoms with E-state index in [0.717, 1.165) is 24.2 Å². The van der Waals surface area contributed by atoms with Gasteiger partial charge in [-0.2, -0.15) is 0 Å². The number of fused-ring (bicyclic) bond motifs is 2. The first kappa shape index (κ1) is 21.1. The van der Waals surface area contributed by atoms with Crippen LogP contribution >= 0.6 is 0 Å². The van der Waals surface area contributed by atoms with Gasteiger partial charge < -0.3 is 25.0 Å². The fourth-order valence-corrected chi connectivity index (χ4v) is 4.14. The van der Waals surface area contributed by atoms with E-state index in [1.807, 2.05) is 19.1 Å². The van der Waals surface area contributed by atoms with E-state index in [-0.39, 0.29) is 25.0 Å². The lowest BCUT2D eigenvalue weighted by molar-refractivity contribution is -0.0638. The van der Waals surface area contributed by atoms with Crippen LogP contribution in [0, 0.1) is 12.7 Å². The molecule has 0 fully saturated rings. The van der Waals surface area contributed by atoms with Crippen molar-refractivity contribution in [2.75, 3.05) is 13.1 Å². The molecule has 0 bridgehead atoms. The SMILES string of the molecule is Cc1ccc2c(c1)CC[C@@H]([C@H](O)CNC[C@@H](O)[C@@]1(N)CCc3cc(F)ccc3O1)O2. The van der Waals surface area contributed by atoms with Gasteiger partial charge in [-0.05, 0) is 61.6 Å². The number of benzene rings is 2. The van der Waals surface area contributed by atoms with Crippen LogP contribution in [0.2, 0.25) is 0 Å². The van der Waals surface area contributed by atoms with Gasteiger partial charge in [0.15, 0.2) is 5.72 Å². The Balaban J connectivity index is 1.28. The molecule has 162 valence electrons. The highest BCUT2D eigenvalue weighted by Crippen LogP contribution is 2.33. The van der Waals surface area contributed by atoms with Gasteiger partial charge in [0.05, 0.1) is 0 Å². The van der Waals surface area contributed by atoms with Gasteiger partial charge in [0, 0.05) is 19.5 Å². The van der Waals surface area contributed by atoms with Gasteiger partial charge in [-0.3, -0.25) is 5.73 Å². The first-order chi connectivity index (χ1) is 14.3. The van der Waals surface area contributed by atoms with Crippen molar-refractivity contribution in [3.63, 3.8) is 0 Å². The molecular formula is C23H29FN2O4. The van der Waals surface area contributed by atoms with Crippen molar-refractivity contribution >= 4 is 0 Å². The molecule has 2 heterocycles. The molecule has 2 aliphatic rings. The van der Waals surface area contributed by atoms with Gasteiger partial charge in [0.25, 0.3) is 0 Å². The average molecular weight is 416 g/mol. The first-order valence-corrected chi connectivity index (χ1v) is 10.4. The summed E-state index contributed by atoms with van der Waals surface area (Å²) in [5, 5.41) is 24.2. The minimum Gasteiger partial charge on any atom is -0.487 e. The van der Waals surface area contributed by atoms with Crippen LogP contribution in [-0.4, -0.2) is 47.3 Å². The number of nitrogens with one attached hydrogen (secondary N) is 1. The van der Waals surface area contributed by atoms with E-state index in [2.05, 4.69) is 11.4 Å². The van der Waals surface area contributed by atoms with Gasteiger partial charge in [-0.15, -0.1) is 0 Å². The van der Waals surface area contributed by atoms with E-state index >= 15 is 0 Å². The lowest BCUT2D eigenvalue weighted by Crippen LogP contribution is -2.60. The van der Waals surface area contributed by atoms with E-state index in [0.29, 0.717) is 18.6 Å². The van der Waals surface area contributed by atoms with Crippen LogP contribution in [0.4, 0.5) is 4.39 Å². The minimum absolute atomic E-state index is 0.159. The van der Waals surface area contributed by atoms with Crippen molar-refractivity contribution in [2.45, 2.75) is 56.6 Å². The molecule has 5 N–H and O–H groups in total. The number of aliphatic hydroxyl groups is 2. The van der Waals surface area contributed by atoms with Crippen LogP contribution < -0.4 is 20.5 Å². The molecule has 2 aromatic rings. The summed E-state index contributed by atoms with van der Waals surface area (Å²) < 4.78 is 25.1. The highest BCUT2D eigenvalue weighted by Gasteiger charge is 2.39. The summed E-state index contributed by atoms with van der Waals surface area (Å²) in [6.07, 6.45) is 0.495. The summed E-state index contributed by atoms with van der Waals surface area (Å²) in [6, 6.07) is 10.3. The molecule has 4 rings (SSSR count). The number of rotatable bonds is 6. The maximum absolute atomic E-state index is 13.4. The molecule has 2 aromatic carbocycles. The number of aliphatic hydroxyl groups excluding tert-OH is 2. The minimum atomic E-state index is -1.26. The van der Waals surface area contributed by atoms with Gasteiger partial charge in [0.1, 0.15) is 35.6 Å². The van der Waals surface area contributed by atoms with Crippen LogP contribution in [-0.2, 0) is 12.8 Å². The molecule has 0 unspecified atom stereocenters. The van der Waals surface area contributed by atoms with E-state index in [4.69, 9.17) is 15.2 Å². The number of hydrogen-bond donors (Lipinski definition) is 4. The number of aryl methyl sites for hydroxylation is 3. The second kappa shape index (κ2) is 8.51. The number of ether oxygens (including phenoxy) is 2. The fourth-order valence-electron chi connectivity index (χ4n) is 4.14. The smallest absolute Gasteiger partial charge is 0.186 e. The Morgan fingerprint density at radius 3 is 2.73 bits per heavy atom. The van der Waals surface area contributed by atoms with Crippen LogP contribution in [0.25, 0.3) is 0 Å². The largest absolute Gasteiger partial charge is 0.487 e. The van der Waals surface area contributed by atoms with Crippen LogP contribution in [0.1, 0.15) is 29.5 Å². The molecule has 7 heteroatoms. The topological polar surface area (TPSA) is 97.0 Å².